The predicted molar refractivity (Wildman–Crippen MR) is 67.6 cm³/mol. The molecule has 0 heterocycles. The number of allylic oxidation sites excluding steroid dienone is 4. The first-order valence-electron chi connectivity index (χ1n) is 4.99. The van der Waals surface area contributed by atoms with Crippen LogP contribution in [-0.2, 0) is 0 Å². The zero-order chi connectivity index (χ0) is 11.8. The highest BCUT2D eigenvalue weighted by atomic mass is 15.0. The molecule has 0 amide bonds. The molecule has 0 atom stereocenters. The number of nitrogens with two attached hydrogens (primary N) is 1. The van der Waals surface area contributed by atoms with Crippen molar-refractivity contribution in [1.82, 2.24) is 5.32 Å². The van der Waals surface area contributed by atoms with E-state index < -0.39 is 0 Å². The Kier molecular flexibility index (Phi) is 6.18. The summed E-state index contributed by atoms with van der Waals surface area (Å²) in [6, 6.07) is 0. The van der Waals surface area contributed by atoms with Gasteiger partial charge in [0.15, 0.2) is 0 Å². The van der Waals surface area contributed by atoms with E-state index in [-0.39, 0.29) is 0 Å². The van der Waals surface area contributed by atoms with Crippen molar-refractivity contribution in [3.8, 4) is 0 Å². The zero-order valence-electron chi connectivity index (χ0n) is 10.1. The lowest BCUT2D eigenvalue weighted by molar-refractivity contribution is 0.940. The molecule has 0 bridgehead atoms. The molecule has 3 nitrogen and oxygen atoms in total. The van der Waals surface area contributed by atoms with Gasteiger partial charge in [0.1, 0.15) is 0 Å². The van der Waals surface area contributed by atoms with Gasteiger partial charge >= 0.3 is 0 Å². The molecule has 15 heavy (non-hydrogen) atoms. The summed E-state index contributed by atoms with van der Waals surface area (Å²) in [5.74, 6) is 0.452. The summed E-state index contributed by atoms with van der Waals surface area (Å²) in [7, 11) is 1.80. The van der Waals surface area contributed by atoms with Crippen LogP contribution in [-0.4, -0.2) is 12.8 Å². The molecule has 0 radical (unpaired) electrons. The maximum absolute atomic E-state index is 5.48. The number of hydrogen-bond donors (Lipinski definition) is 2. The topological polar surface area (TPSA) is 50.4 Å². The molecule has 0 spiro atoms. The normalized spacial score (nSPS) is 14.0. The van der Waals surface area contributed by atoms with Crippen molar-refractivity contribution in [2.45, 2.75) is 27.2 Å². The van der Waals surface area contributed by atoms with Gasteiger partial charge in [-0.25, -0.2) is 0 Å². The van der Waals surface area contributed by atoms with E-state index in [0.29, 0.717) is 5.82 Å². The van der Waals surface area contributed by atoms with E-state index in [1.807, 2.05) is 26.8 Å². The predicted octanol–water partition coefficient (Wildman–Crippen LogP) is 2.34. The Morgan fingerprint density at radius 3 is 2.47 bits per heavy atom. The zero-order valence-corrected chi connectivity index (χ0v) is 10.1. The number of hydrogen-bond acceptors (Lipinski definition) is 3. The summed E-state index contributed by atoms with van der Waals surface area (Å²) in [4.78, 5) is 4.25. The third-order valence-electron chi connectivity index (χ3n) is 2.16. The standard InChI is InChI=1S/C12H21N3/c1-6-7-8-12(14-5)9(2)10(3)15-11(4)13/h6-7,15H,4,8,13H2,1-3,5H3/b7-6-,10-9+,14-12?. The highest BCUT2D eigenvalue weighted by Gasteiger charge is 2.03. The van der Waals surface area contributed by atoms with E-state index in [1.165, 1.54) is 0 Å². The molecule has 0 aromatic heterocycles. The largest absolute Gasteiger partial charge is 0.386 e. The van der Waals surface area contributed by atoms with Crippen molar-refractivity contribution in [2.24, 2.45) is 10.7 Å². The summed E-state index contributed by atoms with van der Waals surface area (Å²) in [5, 5.41) is 2.99. The lowest BCUT2D eigenvalue weighted by atomic mass is 10.1. The summed E-state index contributed by atoms with van der Waals surface area (Å²) in [6.45, 7) is 9.59. The highest BCUT2D eigenvalue weighted by molar-refractivity contribution is 6.00. The van der Waals surface area contributed by atoms with Crippen LogP contribution >= 0.6 is 0 Å². The monoisotopic (exact) mass is 207 g/mol. The molecule has 0 aromatic carbocycles. The van der Waals surface area contributed by atoms with Gasteiger partial charge < -0.3 is 11.1 Å². The van der Waals surface area contributed by atoms with Crippen LogP contribution in [0, 0.1) is 0 Å². The van der Waals surface area contributed by atoms with E-state index in [0.717, 1.165) is 23.4 Å². The van der Waals surface area contributed by atoms with Crippen LogP contribution in [0.1, 0.15) is 27.2 Å². The van der Waals surface area contributed by atoms with Crippen molar-refractivity contribution < 1.29 is 0 Å². The van der Waals surface area contributed by atoms with Crippen LogP contribution in [0.15, 0.2) is 40.8 Å². The molecule has 0 fully saturated rings. The molecule has 0 saturated heterocycles. The first kappa shape index (κ1) is 13.5. The highest BCUT2D eigenvalue weighted by Crippen LogP contribution is 2.07. The molecule has 0 aliphatic carbocycles. The Balaban J connectivity index is 4.76. The molecule has 0 unspecified atom stereocenters. The third-order valence-corrected chi connectivity index (χ3v) is 2.16. The van der Waals surface area contributed by atoms with Gasteiger partial charge in [0.25, 0.3) is 0 Å². The fraction of sp³-hybridized carbons (Fsp3) is 0.417. The van der Waals surface area contributed by atoms with E-state index in [4.69, 9.17) is 5.73 Å². The van der Waals surface area contributed by atoms with Crippen LogP contribution < -0.4 is 11.1 Å². The van der Waals surface area contributed by atoms with Gasteiger partial charge in [-0.05, 0) is 26.3 Å². The maximum atomic E-state index is 5.48. The van der Waals surface area contributed by atoms with Crippen molar-refractivity contribution in [1.29, 1.82) is 0 Å². The molecule has 0 aromatic rings. The van der Waals surface area contributed by atoms with Gasteiger partial charge in [0.2, 0.25) is 0 Å². The number of aliphatic imine (C=N–C) groups is 1. The second kappa shape index (κ2) is 6.87. The first-order chi connectivity index (χ1) is 7.02. The van der Waals surface area contributed by atoms with E-state index >= 15 is 0 Å². The smallest absolute Gasteiger partial charge is 0.0928 e. The summed E-state index contributed by atoms with van der Waals surface area (Å²) in [6.07, 6.45) is 4.94. The Hall–Kier alpha value is -1.51. The molecular formula is C12H21N3. The van der Waals surface area contributed by atoms with Gasteiger partial charge in [-0.2, -0.15) is 0 Å². The van der Waals surface area contributed by atoms with Crippen LogP contribution in [0.5, 0.6) is 0 Å². The second-order valence-corrected chi connectivity index (χ2v) is 3.34. The Labute approximate surface area is 92.5 Å². The van der Waals surface area contributed by atoms with Gasteiger partial charge in [-0.3, -0.25) is 4.99 Å². The average molecular weight is 207 g/mol. The minimum atomic E-state index is 0.452. The fourth-order valence-electron chi connectivity index (χ4n) is 1.19. The summed E-state index contributed by atoms with van der Waals surface area (Å²) >= 11 is 0. The van der Waals surface area contributed by atoms with Crippen molar-refractivity contribution in [3.05, 3.63) is 35.8 Å². The van der Waals surface area contributed by atoms with Crippen molar-refractivity contribution in [3.63, 3.8) is 0 Å². The minimum Gasteiger partial charge on any atom is -0.386 e. The van der Waals surface area contributed by atoms with Crippen LogP contribution in [0.4, 0.5) is 0 Å². The van der Waals surface area contributed by atoms with Crippen molar-refractivity contribution in [2.75, 3.05) is 7.05 Å². The van der Waals surface area contributed by atoms with Crippen LogP contribution in [0.3, 0.4) is 0 Å². The van der Waals surface area contributed by atoms with Crippen LogP contribution in [0.25, 0.3) is 0 Å². The minimum absolute atomic E-state index is 0.452. The number of nitrogens with one attached hydrogen (secondary N) is 1. The average Bonchev–Trinajstić information content (AvgIpc) is 2.17. The molecule has 84 valence electrons. The molecule has 3 heteroatoms. The van der Waals surface area contributed by atoms with Gasteiger partial charge in [-0.15, -0.1) is 0 Å². The third kappa shape index (κ3) is 5.05. The quantitative estimate of drug-likeness (QED) is 0.537. The first-order valence-corrected chi connectivity index (χ1v) is 4.99. The lowest BCUT2D eigenvalue weighted by Crippen LogP contribution is -2.19. The number of rotatable bonds is 5. The Bertz CT molecular complexity index is 309. The lowest BCUT2D eigenvalue weighted by Gasteiger charge is -2.11. The molecule has 0 rings (SSSR count). The van der Waals surface area contributed by atoms with E-state index in [9.17, 15) is 0 Å². The van der Waals surface area contributed by atoms with E-state index in [1.54, 1.807) is 7.05 Å². The maximum Gasteiger partial charge on any atom is 0.0928 e. The molecule has 3 N–H and O–H groups in total. The molecule has 0 aliphatic heterocycles. The fourth-order valence-corrected chi connectivity index (χ4v) is 1.19. The summed E-state index contributed by atoms with van der Waals surface area (Å²) in [5.41, 5.74) is 8.64. The van der Waals surface area contributed by atoms with Crippen LogP contribution in [0.2, 0.25) is 0 Å². The van der Waals surface area contributed by atoms with Gasteiger partial charge in [0.05, 0.1) is 5.82 Å². The molecule has 0 aliphatic rings. The number of nitrogens with zero attached hydrogens (tertiary/aromatic N) is 1. The molecule has 0 saturated carbocycles. The SMILES string of the molecule is C=C(N)N/C(C)=C(\C)C(C/C=C\C)=NC. The summed E-state index contributed by atoms with van der Waals surface area (Å²) < 4.78 is 0. The van der Waals surface area contributed by atoms with Crippen molar-refractivity contribution >= 4 is 5.71 Å². The Morgan fingerprint density at radius 1 is 1.47 bits per heavy atom. The van der Waals surface area contributed by atoms with Gasteiger partial charge in [0, 0.05) is 24.9 Å². The van der Waals surface area contributed by atoms with E-state index in [2.05, 4.69) is 23.0 Å². The van der Waals surface area contributed by atoms with Gasteiger partial charge in [-0.1, -0.05) is 18.7 Å². The Morgan fingerprint density at radius 2 is 2.07 bits per heavy atom. The molecular weight excluding hydrogens is 186 g/mol. The second-order valence-electron chi connectivity index (χ2n) is 3.34.